The quantitative estimate of drug-likeness (QED) is 0.864. The molecule has 0 aromatic heterocycles. The third-order valence-corrected chi connectivity index (χ3v) is 3.36. The molecule has 20 heavy (non-hydrogen) atoms. The van der Waals surface area contributed by atoms with Crippen molar-refractivity contribution in [3.63, 3.8) is 0 Å². The van der Waals surface area contributed by atoms with E-state index in [0.717, 1.165) is 22.5 Å². The van der Waals surface area contributed by atoms with Crippen LogP contribution >= 0.6 is 12.2 Å². The first-order valence-corrected chi connectivity index (χ1v) is 6.87. The van der Waals surface area contributed by atoms with Gasteiger partial charge in [0.2, 0.25) is 0 Å². The molecule has 2 rings (SSSR count). The molecule has 0 saturated heterocycles. The number of rotatable bonds is 4. The van der Waals surface area contributed by atoms with Crippen molar-refractivity contribution in [3.8, 4) is 0 Å². The smallest absolute Gasteiger partial charge is 0.125 e. The van der Waals surface area contributed by atoms with Crippen LogP contribution in [0.3, 0.4) is 0 Å². The van der Waals surface area contributed by atoms with Crippen LogP contribution < -0.4 is 10.6 Å². The maximum absolute atomic E-state index is 13.4. The van der Waals surface area contributed by atoms with Gasteiger partial charge in [-0.25, -0.2) is 4.39 Å². The number of halogens is 1. The van der Waals surface area contributed by atoms with E-state index in [2.05, 4.69) is 0 Å². The highest BCUT2D eigenvalue weighted by Crippen LogP contribution is 2.29. The van der Waals surface area contributed by atoms with Gasteiger partial charge in [0, 0.05) is 17.8 Å². The first-order valence-electron chi connectivity index (χ1n) is 6.46. The Bertz CT molecular complexity index is 640. The van der Waals surface area contributed by atoms with Crippen molar-refractivity contribution in [3.05, 3.63) is 59.4 Å². The third kappa shape index (κ3) is 2.96. The number of thiocarbonyl (C=S) groups is 1. The second-order valence-corrected chi connectivity index (χ2v) is 5.05. The number of nitrogens with zero attached hydrogens (tertiary/aromatic N) is 1. The Balaban J connectivity index is 2.55. The first kappa shape index (κ1) is 14.5. The molecule has 0 aliphatic rings. The van der Waals surface area contributed by atoms with Crippen molar-refractivity contribution in [2.75, 3.05) is 11.4 Å². The van der Waals surface area contributed by atoms with Crippen LogP contribution in [0.25, 0.3) is 0 Å². The minimum absolute atomic E-state index is 0.259. The van der Waals surface area contributed by atoms with E-state index in [1.807, 2.05) is 43.0 Å². The zero-order valence-electron chi connectivity index (χ0n) is 11.6. The molecule has 2 aromatic rings. The molecule has 0 bridgehead atoms. The van der Waals surface area contributed by atoms with Crippen LogP contribution in [0.5, 0.6) is 0 Å². The summed E-state index contributed by atoms with van der Waals surface area (Å²) in [4.78, 5) is 2.34. The molecule has 0 fully saturated rings. The lowest BCUT2D eigenvalue weighted by atomic mass is 10.1. The van der Waals surface area contributed by atoms with Gasteiger partial charge in [0.25, 0.3) is 0 Å². The SMILES string of the molecule is CCN(c1cccc(F)c1)c1ccc(C)cc1C(N)=S. The Hall–Kier alpha value is -1.94. The molecule has 0 saturated carbocycles. The van der Waals surface area contributed by atoms with E-state index >= 15 is 0 Å². The van der Waals surface area contributed by atoms with Crippen molar-refractivity contribution < 1.29 is 4.39 Å². The summed E-state index contributed by atoms with van der Waals surface area (Å²) in [6, 6.07) is 12.4. The van der Waals surface area contributed by atoms with E-state index in [-0.39, 0.29) is 5.82 Å². The lowest BCUT2D eigenvalue weighted by molar-refractivity contribution is 0.627. The number of nitrogens with two attached hydrogens (primary N) is 1. The lowest BCUT2D eigenvalue weighted by Gasteiger charge is -2.26. The molecule has 2 nitrogen and oxygen atoms in total. The summed E-state index contributed by atoms with van der Waals surface area (Å²) in [5.74, 6) is -0.259. The summed E-state index contributed by atoms with van der Waals surface area (Å²) in [5, 5.41) is 0. The molecular weight excluding hydrogens is 271 g/mol. The predicted octanol–water partition coefficient (Wildman–Crippen LogP) is 3.93. The molecular formula is C16H17FN2S. The fourth-order valence-corrected chi connectivity index (χ4v) is 2.38. The van der Waals surface area contributed by atoms with Crippen molar-refractivity contribution in [1.82, 2.24) is 0 Å². The Labute approximate surface area is 124 Å². The van der Waals surface area contributed by atoms with E-state index < -0.39 is 0 Å². The van der Waals surface area contributed by atoms with Gasteiger partial charge in [0.1, 0.15) is 10.8 Å². The number of anilines is 2. The maximum atomic E-state index is 13.4. The average molecular weight is 288 g/mol. The van der Waals surface area contributed by atoms with Crippen molar-refractivity contribution in [2.45, 2.75) is 13.8 Å². The van der Waals surface area contributed by atoms with Crippen LogP contribution in [0.1, 0.15) is 18.1 Å². The molecule has 0 radical (unpaired) electrons. The number of benzene rings is 2. The predicted molar refractivity (Wildman–Crippen MR) is 86.1 cm³/mol. The molecule has 0 amide bonds. The monoisotopic (exact) mass is 288 g/mol. The molecule has 0 unspecified atom stereocenters. The van der Waals surface area contributed by atoms with Crippen LogP contribution in [-0.4, -0.2) is 11.5 Å². The zero-order valence-corrected chi connectivity index (χ0v) is 12.4. The lowest BCUT2D eigenvalue weighted by Crippen LogP contribution is -2.21. The maximum Gasteiger partial charge on any atom is 0.125 e. The van der Waals surface area contributed by atoms with Gasteiger partial charge in [-0.15, -0.1) is 0 Å². The van der Waals surface area contributed by atoms with Crippen LogP contribution in [0.2, 0.25) is 0 Å². The van der Waals surface area contributed by atoms with Crippen molar-refractivity contribution in [2.24, 2.45) is 5.73 Å². The third-order valence-electron chi connectivity index (χ3n) is 3.14. The first-order chi connectivity index (χ1) is 9.52. The Kier molecular flexibility index (Phi) is 4.35. The normalized spacial score (nSPS) is 10.3. The average Bonchev–Trinajstić information content (AvgIpc) is 2.41. The number of hydrogen-bond acceptors (Lipinski definition) is 2. The summed E-state index contributed by atoms with van der Waals surface area (Å²) in [5.41, 5.74) is 9.40. The molecule has 0 heterocycles. The second-order valence-electron chi connectivity index (χ2n) is 4.61. The van der Waals surface area contributed by atoms with Gasteiger partial charge in [-0.3, -0.25) is 0 Å². The highest BCUT2D eigenvalue weighted by atomic mass is 32.1. The van der Waals surface area contributed by atoms with Gasteiger partial charge in [-0.1, -0.05) is 29.9 Å². The second kappa shape index (κ2) is 6.01. The highest BCUT2D eigenvalue weighted by molar-refractivity contribution is 7.80. The van der Waals surface area contributed by atoms with Crippen LogP contribution in [0.4, 0.5) is 15.8 Å². The topological polar surface area (TPSA) is 29.3 Å². The molecule has 2 N–H and O–H groups in total. The fourth-order valence-electron chi connectivity index (χ4n) is 2.22. The van der Waals surface area contributed by atoms with Crippen molar-refractivity contribution >= 4 is 28.6 Å². The van der Waals surface area contributed by atoms with E-state index in [0.29, 0.717) is 11.5 Å². The van der Waals surface area contributed by atoms with E-state index in [1.165, 1.54) is 12.1 Å². The fraction of sp³-hybridized carbons (Fsp3) is 0.188. The zero-order chi connectivity index (χ0) is 14.7. The molecule has 0 aliphatic heterocycles. The van der Waals surface area contributed by atoms with Crippen LogP contribution in [-0.2, 0) is 0 Å². The summed E-state index contributed by atoms with van der Waals surface area (Å²) in [6.07, 6.45) is 0. The molecule has 104 valence electrons. The number of aryl methyl sites for hydroxylation is 1. The van der Waals surface area contributed by atoms with Gasteiger partial charge >= 0.3 is 0 Å². The van der Waals surface area contributed by atoms with E-state index in [9.17, 15) is 4.39 Å². The molecule has 0 aliphatic carbocycles. The highest BCUT2D eigenvalue weighted by Gasteiger charge is 2.14. The van der Waals surface area contributed by atoms with E-state index in [4.69, 9.17) is 18.0 Å². The Morgan fingerprint density at radius 3 is 2.60 bits per heavy atom. The van der Waals surface area contributed by atoms with Gasteiger partial charge < -0.3 is 10.6 Å². The van der Waals surface area contributed by atoms with Crippen LogP contribution in [0.15, 0.2) is 42.5 Å². The van der Waals surface area contributed by atoms with Gasteiger partial charge in [-0.2, -0.15) is 0 Å². The van der Waals surface area contributed by atoms with Gasteiger partial charge in [0.05, 0.1) is 5.69 Å². The molecule has 2 aromatic carbocycles. The van der Waals surface area contributed by atoms with E-state index in [1.54, 1.807) is 6.07 Å². The van der Waals surface area contributed by atoms with Gasteiger partial charge in [0.15, 0.2) is 0 Å². The molecule has 0 atom stereocenters. The summed E-state index contributed by atoms with van der Waals surface area (Å²) in [7, 11) is 0. The minimum atomic E-state index is -0.259. The summed E-state index contributed by atoms with van der Waals surface area (Å²) < 4.78 is 13.4. The largest absolute Gasteiger partial charge is 0.389 e. The minimum Gasteiger partial charge on any atom is -0.389 e. The van der Waals surface area contributed by atoms with Crippen molar-refractivity contribution in [1.29, 1.82) is 0 Å². The summed E-state index contributed by atoms with van der Waals surface area (Å²) >= 11 is 5.13. The van der Waals surface area contributed by atoms with Gasteiger partial charge in [-0.05, 0) is 44.2 Å². The molecule has 0 spiro atoms. The van der Waals surface area contributed by atoms with Crippen LogP contribution in [0, 0.1) is 12.7 Å². The number of hydrogen-bond donors (Lipinski definition) is 1. The standard InChI is InChI=1S/C16H17FN2S/c1-3-19(13-6-4-5-12(17)10-13)15-8-7-11(2)9-14(15)16(18)20/h4-10H,3H2,1-2H3,(H2,18,20). The Morgan fingerprint density at radius 1 is 1.25 bits per heavy atom. The summed E-state index contributed by atoms with van der Waals surface area (Å²) in [6.45, 7) is 4.69. The Morgan fingerprint density at radius 2 is 2.00 bits per heavy atom. The molecule has 4 heteroatoms.